The third-order valence-electron chi connectivity index (χ3n) is 3.81. The molecule has 0 saturated carbocycles. The quantitative estimate of drug-likeness (QED) is 0.775. The highest BCUT2D eigenvalue weighted by molar-refractivity contribution is 6.30. The lowest BCUT2D eigenvalue weighted by molar-refractivity contribution is -0.129. The maximum absolute atomic E-state index is 12.8. The van der Waals surface area contributed by atoms with Gasteiger partial charge < -0.3 is 15.0 Å². The Kier molecular flexibility index (Phi) is 7.29. The maximum Gasteiger partial charge on any atom is 0.266 e. The standard InChI is InChI=1S/C20H25ClN2O2/c1-15(13-14-23(2)3)22-20(24)19(16-7-5-4-6-8-16)25-18-11-9-17(21)10-12-18/h4-12,15,19H,13-14H2,1-3H3,(H,22,24). The highest BCUT2D eigenvalue weighted by atomic mass is 35.5. The summed E-state index contributed by atoms with van der Waals surface area (Å²) < 4.78 is 5.96. The van der Waals surface area contributed by atoms with Crippen LogP contribution < -0.4 is 10.1 Å². The number of nitrogens with one attached hydrogen (secondary N) is 1. The van der Waals surface area contributed by atoms with Crippen LogP contribution in [0, 0.1) is 0 Å². The van der Waals surface area contributed by atoms with Gasteiger partial charge in [0.2, 0.25) is 6.10 Å². The topological polar surface area (TPSA) is 41.6 Å². The molecule has 1 amide bonds. The summed E-state index contributed by atoms with van der Waals surface area (Å²) in [5.74, 6) is 0.460. The normalized spacial score (nSPS) is 13.3. The average molecular weight is 361 g/mol. The molecule has 2 aromatic rings. The van der Waals surface area contributed by atoms with Crippen LogP contribution in [0.4, 0.5) is 0 Å². The van der Waals surface area contributed by atoms with Gasteiger partial charge in [-0.05, 0) is 58.3 Å². The lowest BCUT2D eigenvalue weighted by atomic mass is 10.1. The van der Waals surface area contributed by atoms with Crippen molar-refractivity contribution in [2.24, 2.45) is 0 Å². The highest BCUT2D eigenvalue weighted by Gasteiger charge is 2.24. The van der Waals surface area contributed by atoms with Gasteiger partial charge in [0.15, 0.2) is 0 Å². The zero-order valence-electron chi connectivity index (χ0n) is 14.9. The van der Waals surface area contributed by atoms with Crippen LogP contribution in [0.2, 0.25) is 5.02 Å². The summed E-state index contributed by atoms with van der Waals surface area (Å²) in [6.07, 6.45) is 0.172. The van der Waals surface area contributed by atoms with Crippen molar-refractivity contribution in [3.8, 4) is 5.75 Å². The summed E-state index contributed by atoms with van der Waals surface area (Å²) in [7, 11) is 4.04. The fraction of sp³-hybridized carbons (Fsp3) is 0.350. The maximum atomic E-state index is 12.8. The van der Waals surface area contributed by atoms with Gasteiger partial charge in [-0.1, -0.05) is 41.9 Å². The number of amides is 1. The van der Waals surface area contributed by atoms with Crippen molar-refractivity contribution in [3.63, 3.8) is 0 Å². The molecule has 4 nitrogen and oxygen atoms in total. The van der Waals surface area contributed by atoms with Gasteiger partial charge in [-0.3, -0.25) is 4.79 Å². The van der Waals surface area contributed by atoms with Gasteiger partial charge in [-0.15, -0.1) is 0 Å². The number of nitrogens with zero attached hydrogens (tertiary/aromatic N) is 1. The third-order valence-corrected chi connectivity index (χ3v) is 4.06. The number of carbonyl (C=O) groups is 1. The van der Waals surface area contributed by atoms with Gasteiger partial charge in [-0.25, -0.2) is 0 Å². The number of hydrogen-bond donors (Lipinski definition) is 1. The molecule has 0 spiro atoms. The smallest absolute Gasteiger partial charge is 0.266 e. The van der Waals surface area contributed by atoms with E-state index in [4.69, 9.17) is 16.3 Å². The van der Waals surface area contributed by atoms with E-state index in [0.29, 0.717) is 10.8 Å². The molecule has 0 aliphatic heterocycles. The van der Waals surface area contributed by atoms with E-state index in [9.17, 15) is 4.79 Å². The molecule has 2 unspecified atom stereocenters. The summed E-state index contributed by atoms with van der Waals surface area (Å²) in [5.41, 5.74) is 0.815. The van der Waals surface area contributed by atoms with Crippen LogP contribution in [0.1, 0.15) is 25.0 Å². The fourth-order valence-corrected chi connectivity index (χ4v) is 2.52. The molecule has 0 saturated heterocycles. The van der Waals surface area contributed by atoms with Crippen molar-refractivity contribution in [3.05, 3.63) is 65.2 Å². The van der Waals surface area contributed by atoms with Crippen molar-refractivity contribution in [2.75, 3.05) is 20.6 Å². The Balaban J connectivity index is 2.11. The summed E-state index contributed by atoms with van der Waals surface area (Å²) in [6.45, 7) is 2.92. The van der Waals surface area contributed by atoms with Crippen LogP contribution in [0.25, 0.3) is 0 Å². The zero-order chi connectivity index (χ0) is 18.2. The number of ether oxygens (including phenoxy) is 1. The molecule has 2 aromatic carbocycles. The number of halogens is 1. The minimum Gasteiger partial charge on any atom is -0.476 e. The van der Waals surface area contributed by atoms with Crippen LogP contribution >= 0.6 is 11.6 Å². The largest absolute Gasteiger partial charge is 0.476 e. The first kappa shape index (κ1) is 19.3. The van der Waals surface area contributed by atoms with Gasteiger partial charge in [-0.2, -0.15) is 0 Å². The summed E-state index contributed by atoms with van der Waals surface area (Å²) in [5, 5.41) is 3.68. The predicted molar refractivity (Wildman–Crippen MR) is 102 cm³/mol. The molecule has 134 valence electrons. The molecule has 0 aliphatic rings. The summed E-state index contributed by atoms with van der Waals surface area (Å²) in [6, 6.07) is 16.6. The molecule has 0 aromatic heterocycles. The van der Waals surface area contributed by atoms with Crippen LogP contribution in [-0.2, 0) is 4.79 Å². The Morgan fingerprint density at radius 3 is 2.36 bits per heavy atom. The van der Waals surface area contributed by atoms with E-state index in [1.54, 1.807) is 24.3 Å². The molecule has 0 bridgehead atoms. The first-order chi connectivity index (χ1) is 12.0. The molecule has 2 atom stereocenters. The van der Waals surface area contributed by atoms with Crippen molar-refractivity contribution in [1.82, 2.24) is 10.2 Å². The molecule has 0 fully saturated rings. The van der Waals surface area contributed by atoms with Crippen LogP contribution in [-0.4, -0.2) is 37.5 Å². The fourth-order valence-electron chi connectivity index (χ4n) is 2.39. The van der Waals surface area contributed by atoms with Gasteiger partial charge in [0.05, 0.1) is 0 Å². The Hall–Kier alpha value is -2.04. The minimum absolute atomic E-state index is 0.0648. The van der Waals surface area contributed by atoms with Crippen molar-refractivity contribution >= 4 is 17.5 Å². The van der Waals surface area contributed by atoms with Crippen molar-refractivity contribution < 1.29 is 9.53 Å². The van der Waals surface area contributed by atoms with Crippen LogP contribution in [0.3, 0.4) is 0 Å². The molecular weight excluding hydrogens is 336 g/mol. The number of benzene rings is 2. The zero-order valence-corrected chi connectivity index (χ0v) is 15.7. The lowest BCUT2D eigenvalue weighted by Crippen LogP contribution is -2.39. The molecule has 0 heterocycles. The van der Waals surface area contributed by atoms with Gasteiger partial charge in [0.1, 0.15) is 5.75 Å². The average Bonchev–Trinajstić information content (AvgIpc) is 2.60. The van der Waals surface area contributed by atoms with Crippen molar-refractivity contribution in [1.29, 1.82) is 0 Å². The van der Waals surface area contributed by atoms with E-state index in [0.717, 1.165) is 18.5 Å². The first-order valence-corrected chi connectivity index (χ1v) is 8.76. The Morgan fingerprint density at radius 2 is 1.76 bits per heavy atom. The number of rotatable bonds is 8. The Bertz CT molecular complexity index is 659. The first-order valence-electron chi connectivity index (χ1n) is 8.38. The van der Waals surface area contributed by atoms with Gasteiger partial charge in [0.25, 0.3) is 5.91 Å². The lowest BCUT2D eigenvalue weighted by Gasteiger charge is -2.22. The molecular formula is C20H25ClN2O2. The Labute approximate surface area is 154 Å². The van der Waals surface area contributed by atoms with Crippen LogP contribution in [0.15, 0.2) is 54.6 Å². The monoisotopic (exact) mass is 360 g/mol. The molecule has 5 heteroatoms. The van der Waals surface area contributed by atoms with Crippen molar-refractivity contribution in [2.45, 2.75) is 25.5 Å². The second-order valence-corrected chi connectivity index (χ2v) is 6.80. The van der Waals surface area contributed by atoms with Gasteiger partial charge in [0, 0.05) is 16.6 Å². The highest BCUT2D eigenvalue weighted by Crippen LogP contribution is 2.24. The predicted octanol–water partition coefficient (Wildman–Crippen LogP) is 3.92. The molecule has 25 heavy (non-hydrogen) atoms. The van der Waals surface area contributed by atoms with E-state index in [2.05, 4.69) is 10.2 Å². The van der Waals surface area contributed by atoms with E-state index in [1.807, 2.05) is 51.4 Å². The molecule has 0 aliphatic carbocycles. The van der Waals surface area contributed by atoms with E-state index < -0.39 is 6.10 Å². The SMILES string of the molecule is CC(CCN(C)C)NC(=O)C(Oc1ccc(Cl)cc1)c1ccccc1. The van der Waals surface area contributed by atoms with E-state index >= 15 is 0 Å². The molecule has 2 rings (SSSR count). The number of hydrogen-bond acceptors (Lipinski definition) is 3. The van der Waals surface area contributed by atoms with Gasteiger partial charge >= 0.3 is 0 Å². The summed E-state index contributed by atoms with van der Waals surface area (Å²) in [4.78, 5) is 14.9. The second kappa shape index (κ2) is 9.44. The van der Waals surface area contributed by atoms with E-state index in [1.165, 1.54) is 0 Å². The summed E-state index contributed by atoms with van der Waals surface area (Å²) >= 11 is 5.92. The second-order valence-electron chi connectivity index (χ2n) is 6.36. The van der Waals surface area contributed by atoms with Crippen LogP contribution in [0.5, 0.6) is 5.75 Å². The Morgan fingerprint density at radius 1 is 1.12 bits per heavy atom. The number of carbonyl (C=O) groups excluding carboxylic acids is 1. The van der Waals surface area contributed by atoms with E-state index in [-0.39, 0.29) is 11.9 Å². The minimum atomic E-state index is -0.704. The molecule has 0 radical (unpaired) electrons. The third kappa shape index (κ3) is 6.40. The molecule has 1 N–H and O–H groups in total.